The molecule has 1 heterocycles. The van der Waals surface area contributed by atoms with Gasteiger partial charge in [-0.2, -0.15) is 0 Å². The van der Waals surface area contributed by atoms with Gasteiger partial charge in [0.1, 0.15) is 11.5 Å². The van der Waals surface area contributed by atoms with Gasteiger partial charge in [0.15, 0.2) is 0 Å². The molecule has 1 atom stereocenters. The van der Waals surface area contributed by atoms with Crippen molar-refractivity contribution >= 4 is 0 Å². The summed E-state index contributed by atoms with van der Waals surface area (Å²) in [5, 5.41) is 3.35. The summed E-state index contributed by atoms with van der Waals surface area (Å²) >= 11 is 0. The second kappa shape index (κ2) is 6.26. The standard InChI is InChI=1S/C15H23NO3/c1-10-11(2)15(18-4)12(8-14(10)17-3)7-13-9-16-5-6-19-13/h8,13,16H,5-7,9H2,1-4H3. The second-order valence-electron chi connectivity index (χ2n) is 4.92. The molecule has 0 amide bonds. The summed E-state index contributed by atoms with van der Waals surface area (Å²) in [5.41, 5.74) is 3.42. The summed E-state index contributed by atoms with van der Waals surface area (Å²) in [5.74, 6) is 1.87. The molecule has 1 fully saturated rings. The Labute approximate surface area is 115 Å². The van der Waals surface area contributed by atoms with E-state index >= 15 is 0 Å². The predicted molar refractivity (Wildman–Crippen MR) is 75.3 cm³/mol. The van der Waals surface area contributed by atoms with E-state index in [-0.39, 0.29) is 6.10 Å². The highest BCUT2D eigenvalue weighted by Gasteiger charge is 2.19. The van der Waals surface area contributed by atoms with Crippen LogP contribution in [0.25, 0.3) is 0 Å². The van der Waals surface area contributed by atoms with E-state index in [1.807, 2.05) is 0 Å². The average molecular weight is 265 g/mol. The molecule has 1 aliphatic rings. The molecule has 1 saturated heterocycles. The molecule has 0 bridgehead atoms. The molecule has 4 heteroatoms. The number of rotatable bonds is 4. The van der Waals surface area contributed by atoms with Crippen LogP contribution in [0.5, 0.6) is 11.5 Å². The van der Waals surface area contributed by atoms with E-state index in [0.717, 1.165) is 54.3 Å². The van der Waals surface area contributed by atoms with Crippen LogP contribution in [0.3, 0.4) is 0 Å². The first-order chi connectivity index (χ1) is 9.17. The van der Waals surface area contributed by atoms with Gasteiger partial charge in [-0.1, -0.05) is 0 Å². The monoisotopic (exact) mass is 265 g/mol. The third-order valence-electron chi connectivity index (χ3n) is 3.75. The van der Waals surface area contributed by atoms with Gasteiger partial charge in [-0.05, 0) is 31.0 Å². The van der Waals surface area contributed by atoms with Gasteiger partial charge in [-0.25, -0.2) is 0 Å². The molecule has 1 aromatic rings. The third kappa shape index (κ3) is 3.01. The highest BCUT2D eigenvalue weighted by atomic mass is 16.5. The Hall–Kier alpha value is -1.26. The van der Waals surface area contributed by atoms with Crippen molar-refractivity contribution in [2.75, 3.05) is 33.9 Å². The zero-order chi connectivity index (χ0) is 13.8. The van der Waals surface area contributed by atoms with E-state index < -0.39 is 0 Å². The molecule has 4 nitrogen and oxygen atoms in total. The highest BCUT2D eigenvalue weighted by molar-refractivity contribution is 5.52. The van der Waals surface area contributed by atoms with E-state index in [4.69, 9.17) is 14.2 Å². The first-order valence-corrected chi connectivity index (χ1v) is 6.70. The summed E-state index contributed by atoms with van der Waals surface area (Å²) in [6, 6.07) is 2.07. The van der Waals surface area contributed by atoms with Gasteiger partial charge in [-0.3, -0.25) is 0 Å². The van der Waals surface area contributed by atoms with Gasteiger partial charge in [0.05, 0.1) is 26.9 Å². The molecule has 1 aromatic carbocycles. The van der Waals surface area contributed by atoms with E-state index in [0.29, 0.717) is 0 Å². The minimum Gasteiger partial charge on any atom is -0.496 e. The number of methoxy groups -OCH3 is 2. The molecule has 19 heavy (non-hydrogen) atoms. The minimum absolute atomic E-state index is 0.203. The summed E-state index contributed by atoms with van der Waals surface area (Å²) in [6.07, 6.45) is 1.04. The van der Waals surface area contributed by atoms with E-state index in [9.17, 15) is 0 Å². The summed E-state index contributed by atoms with van der Waals surface area (Å²) in [4.78, 5) is 0. The van der Waals surface area contributed by atoms with Gasteiger partial charge in [0, 0.05) is 25.1 Å². The molecule has 0 radical (unpaired) electrons. The zero-order valence-electron chi connectivity index (χ0n) is 12.2. The van der Waals surface area contributed by atoms with E-state index in [2.05, 4.69) is 25.2 Å². The lowest BCUT2D eigenvalue weighted by atomic mass is 9.98. The Morgan fingerprint density at radius 1 is 1.26 bits per heavy atom. The smallest absolute Gasteiger partial charge is 0.125 e. The Balaban J connectivity index is 2.29. The quantitative estimate of drug-likeness (QED) is 0.902. The van der Waals surface area contributed by atoms with Crippen molar-refractivity contribution in [1.29, 1.82) is 0 Å². The molecule has 0 saturated carbocycles. The topological polar surface area (TPSA) is 39.7 Å². The molecular formula is C15H23NO3. The van der Waals surface area contributed by atoms with Crippen molar-refractivity contribution in [3.63, 3.8) is 0 Å². The average Bonchev–Trinajstić information content (AvgIpc) is 2.44. The SMILES string of the molecule is COc1cc(CC2CNCCO2)c(OC)c(C)c1C. The Morgan fingerprint density at radius 3 is 2.63 bits per heavy atom. The van der Waals surface area contributed by atoms with Crippen molar-refractivity contribution in [2.45, 2.75) is 26.4 Å². The lowest BCUT2D eigenvalue weighted by molar-refractivity contribution is 0.0289. The first-order valence-electron chi connectivity index (χ1n) is 6.70. The predicted octanol–water partition coefficient (Wildman–Crippen LogP) is 1.85. The molecule has 0 aromatic heterocycles. The van der Waals surface area contributed by atoms with Crippen LogP contribution in [0.2, 0.25) is 0 Å². The largest absolute Gasteiger partial charge is 0.496 e. The zero-order valence-corrected chi connectivity index (χ0v) is 12.2. The number of hydrogen-bond donors (Lipinski definition) is 1. The summed E-state index contributed by atoms with van der Waals surface area (Å²) in [6.45, 7) is 6.72. The van der Waals surface area contributed by atoms with Crippen LogP contribution in [0, 0.1) is 13.8 Å². The van der Waals surface area contributed by atoms with Gasteiger partial charge in [-0.15, -0.1) is 0 Å². The van der Waals surface area contributed by atoms with Crippen LogP contribution in [-0.4, -0.2) is 40.0 Å². The fourth-order valence-corrected chi connectivity index (χ4v) is 2.57. The summed E-state index contributed by atoms with van der Waals surface area (Å²) in [7, 11) is 3.43. The minimum atomic E-state index is 0.203. The lowest BCUT2D eigenvalue weighted by Crippen LogP contribution is -2.39. The molecule has 1 aliphatic heterocycles. The first kappa shape index (κ1) is 14.2. The van der Waals surface area contributed by atoms with Crippen LogP contribution in [0.4, 0.5) is 0 Å². The molecule has 0 aliphatic carbocycles. The second-order valence-corrected chi connectivity index (χ2v) is 4.92. The van der Waals surface area contributed by atoms with E-state index in [1.54, 1.807) is 14.2 Å². The van der Waals surface area contributed by atoms with Crippen molar-refractivity contribution in [1.82, 2.24) is 5.32 Å². The number of ether oxygens (including phenoxy) is 3. The van der Waals surface area contributed by atoms with Gasteiger partial charge in [0.25, 0.3) is 0 Å². The fourth-order valence-electron chi connectivity index (χ4n) is 2.57. The van der Waals surface area contributed by atoms with Gasteiger partial charge in [0.2, 0.25) is 0 Å². The molecule has 2 rings (SSSR count). The van der Waals surface area contributed by atoms with Crippen LogP contribution in [0.1, 0.15) is 16.7 Å². The lowest BCUT2D eigenvalue weighted by Gasteiger charge is -2.25. The van der Waals surface area contributed by atoms with Crippen LogP contribution in [0.15, 0.2) is 6.07 Å². The molecule has 106 valence electrons. The van der Waals surface area contributed by atoms with Crippen molar-refractivity contribution in [3.05, 3.63) is 22.8 Å². The summed E-state index contributed by atoms with van der Waals surface area (Å²) < 4.78 is 16.8. The number of benzene rings is 1. The third-order valence-corrected chi connectivity index (χ3v) is 3.75. The Morgan fingerprint density at radius 2 is 2.05 bits per heavy atom. The van der Waals surface area contributed by atoms with Crippen molar-refractivity contribution in [3.8, 4) is 11.5 Å². The van der Waals surface area contributed by atoms with Gasteiger partial charge < -0.3 is 19.5 Å². The number of morpholine rings is 1. The maximum absolute atomic E-state index is 5.77. The number of hydrogen-bond acceptors (Lipinski definition) is 4. The maximum atomic E-state index is 5.77. The van der Waals surface area contributed by atoms with Crippen LogP contribution >= 0.6 is 0 Å². The Kier molecular flexibility index (Phi) is 4.66. The highest BCUT2D eigenvalue weighted by Crippen LogP contribution is 2.34. The molecule has 1 unspecified atom stereocenters. The molecule has 1 N–H and O–H groups in total. The van der Waals surface area contributed by atoms with Gasteiger partial charge >= 0.3 is 0 Å². The van der Waals surface area contributed by atoms with Crippen LogP contribution < -0.4 is 14.8 Å². The fraction of sp³-hybridized carbons (Fsp3) is 0.600. The molecule has 0 spiro atoms. The normalized spacial score (nSPS) is 19.3. The Bertz CT molecular complexity index is 440. The van der Waals surface area contributed by atoms with Crippen molar-refractivity contribution in [2.24, 2.45) is 0 Å². The van der Waals surface area contributed by atoms with Crippen LogP contribution in [-0.2, 0) is 11.2 Å². The molecular weight excluding hydrogens is 242 g/mol. The number of nitrogens with one attached hydrogen (secondary N) is 1. The van der Waals surface area contributed by atoms with E-state index in [1.165, 1.54) is 0 Å². The maximum Gasteiger partial charge on any atom is 0.125 e. The van der Waals surface area contributed by atoms with Crippen molar-refractivity contribution < 1.29 is 14.2 Å².